The summed E-state index contributed by atoms with van der Waals surface area (Å²) < 4.78 is 6.24. The van der Waals surface area contributed by atoms with Gasteiger partial charge in [0.25, 0.3) is 5.91 Å². The maximum absolute atomic E-state index is 12.9. The summed E-state index contributed by atoms with van der Waals surface area (Å²) in [5, 5.41) is 2.79. The second-order valence-electron chi connectivity index (χ2n) is 9.63. The van der Waals surface area contributed by atoms with Crippen molar-refractivity contribution in [1.29, 1.82) is 0 Å². The monoisotopic (exact) mass is 423 g/mol. The number of nitrogens with one attached hydrogen (secondary N) is 1. The SMILES string of the molecule is C=C1NC(=O)CCC1N1Cc2cc(OC[C@H]3CCCCN3CC3CCC3)ccc2C1=O. The molecular formula is C25H33N3O3. The molecule has 3 fully saturated rings. The van der Waals surface area contributed by atoms with Gasteiger partial charge in [0.05, 0.1) is 6.04 Å². The smallest absolute Gasteiger partial charge is 0.255 e. The molecule has 2 amide bonds. The van der Waals surface area contributed by atoms with Crippen molar-refractivity contribution in [3.05, 3.63) is 41.6 Å². The molecule has 0 spiro atoms. The molecule has 0 radical (unpaired) electrons. The zero-order chi connectivity index (χ0) is 21.4. The maximum atomic E-state index is 12.9. The molecule has 2 atom stereocenters. The third-order valence-electron chi connectivity index (χ3n) is 7.54. The zero-order valence-electron chi connectivity index (χ0n) is 18.3. The number of rotatable bonds is 6. The van der Waals surface area contributed by atoms with Crippen LogP contribution in [0.3, 0.4) is 0 Å². The van der Waals surface area contributed by atoms with Crippen LogP contribution < -0.4 is 10.1 Å². The van der Waals surface area contributed by atoms with Crippen molar-refractivity contribution in [2.75, 3.05) is 19.7 Å². The largest absolute Gasteiger partial charge is 0.492 e. The minimum Gasteiger partial charge on any atom is -0.492 e. The number of amides is 2. The highest BCUT2D eigenvalue weighted by Gasteiger charge is 2.36. The average Bonchev–Trinajstić information content (AvgIpc) is 3.05. The number of nitrogens with zero attached hydrogens (tertiary/aromatic N) is 2. The quantitative estimate of drug-likeness (QED) is 0.761. The van der Waals surface area contributed by atoms with E-state index in [0.717, 1.165) is 22.8 Å². The molecule has 1 N–H and O–H groups in total. The molecule has 1 unspecified atom stereocenters. The van der Waals surface area contributed by atoms with Gasteiger partial charge in [0.2, 0.25) is 5.91 Å². The lowest BCUT2D eigenvalue weighted by molar-refractivity contribution is -0.121. The summed E-state index contributed by atoms with van der Waals surface area (Å²) in [7, 11) is 0. The van der Waals surface area contributed by atoms with E-state index in [4.69, 9.17) is 4.74 Å². The molecule has 6 nitrogen and oxygen atoms in total. The molecule has 1 aliphatic carbocycles. The summed E-state index contributed by atoms with van der Waals surface area (Å²) in [5.74, 6) is 1.73. The Morgan fingerprint density at radius 1 is 1.10 bits per heavy atom. The minimum absolute atomic E-state index is 0.0165. The van der Waals surface area contributed by atoms with Crippen LogP contribution in [-0.4, -0.2) is 53.4 Å². The molecule has 3 aliphatic heterocycles. The van der Waals surface area contributed by atoms with Crippen LogP contribution in [0.5, 0.6) is 5.75 Å². The molecule has 166 valence electrons. The number of benzene rings is 1. The van der Waals surface area contributed by atoms with Crippen LogP contribution in [-0.2, 0) is 11.3 Å². The van der Waals surface area contributed by atoms with Gasteiger partial charge in [0.15, 0.2) is 0 Å². The first kappa shape index (κ1) is 20.6. The topological polar surface area (TPSA) is 61.9 Å². The predicted molar refractivity (Wildman–Crippen MR) is 119 cm³/mol. The highest BCUT2D eigenvalue weighted by Crippen LogP contribution is 2.33. The summed E-state index contributed by atoms with van der Waals surface area (Å²) in [6.07, 6.45) is 9.01. The van der Waals surface area contributed by atoms with Crippen molar-refractivity contribution >= 4 is 11.8 Å². The molecule has 0 bridgehead atoms. The Morgan fingerprint density at radius 3 is 2.74 bits per heavy atom. The Balaban J connectivity index is 1.22. The Bertz CT molecular complexity index is 879. The lowest BCUT2D eigenvalue weighted by Crippen LogP contribution is -2.46. The predicted octanol–water partition coefficient (Wildman–Crippen LogP) is 3.47. The molecule has 1 saturated carbocycles. The van der Waals surface area contributed by atoms with E-state index in [-0.39, 0.29) is 17.9 Å². The Morgan fingerprint density at radius 2 is 1.97 bits per heavy atom. The van der Waals surface area contributed by atoms with Gasteiger partial charge in [-0.05, 0) is 68.3 Å². The zero-order valence-corrected chi connectivity index (χ0v) is 18.3. The van der Waals surface area contributed by atoms with Gasteiger partial charge in [-0.1, -0.05) is 19.4 Å². The normalized spacial score (nSPS) is 27.1. The highest BCUT2D eigenvalue weighted by molar-refractivity contribution is 5.99. The fourth-order valence-corrected chi connectivity index (χ4v) is 5.46. The van der Waals surface area contributed by atoms with Crippen LogP contribution in [0, 0.1) is 5.92 Å². The molecule has 1 aromatic carbocycles. The fraction of sp³-hybridized carbons (Fsp3) is 0.600. The van der Waals surface area contributed by atoms with E-state index >= 15 is 0 Å². The third kappa shape index (κ3) is 4.22. The van der Waals surface area contributed by atoms with E-state index in [9.17, 15) is 9.59 Å². The second kappa shape index (κ2) is 8.65. The number of likely N-dealkylation sites (tertiary alicyclic amines) is 1. The highest BCUT2D eigenvalue weighted by atomic mass is 16.5. The number of hydrogen-bond acceptors (Lipinski definition) is 4. The molecule has 4 aliphatic rings. The van der Waals surface area contributed by atoms with Crippen molar-refractivity contribution in [3.8, 4) is 5.75 Å². The van der Waals surface area contributed by atoms with Gasteiger partial charge in [-0.3, -0.25) is 14.5 Å². The van der Waals surface area contributed by atoms with E-state index in [0.29, 0.717) is 37.7 Å². The molecule has 6 heteroatoms. The Kier molecular flexibility index (Phi) is 5.74. The van der Waals surface area contributed by atoms with Gasteiger partial charge in [-0.25, -0.2) is 0 Å². The van der Waals surface area contributed by atoms with E-state index in [2.05, 4.69) is 16.8 Å². The van der Waals surface area contributed by atoms with Crippen LogP contribution in [0.2, 0.25) is 0 Å². The fourth-order valence-electron chi connectivity index (χ4n) is 5.46. The molecule has 2 saturated heterocycles. The minimum atomic E-state index is -0.135. The van der Waals surface area contributed by atoms with Crippen molar-refractivity contribution < 1.29 is 14.3 Å². The number of fused-ring (bicyclic) bond motifs is 1. The number of carbonyl (C=O) groups is 2. The number of carbonyl (C=O) groups excluding carboxylic acids is 2. The second-order valence-corrected chi connectivity index (χ2v) is 9.63. The van der Waals surface area contributed by atoms with Gasteiger partial charge in [-0.2, -0.15) is 0 Å². The summed E-state index contributed by atoms with van der Waals surface area (Å²) in [6, 6.07) is 6.21. The van der Waals surface area contributed by atoms with Crippen LogP contribution in [0.1, 0.15) is 67.3 Å². The third-order valence-corrected chi connectivity index (χ3v) is 7.54. The van der Waals surface area contributed by atoms with E-state index in [1.165, 1.54) is 51.6 Å². The molecule has 31 heavy (non-hydrogen) atoms. The van der Waals surface area contributed by atoms with Gasteiger partial charge in [0.1, 0.15) is 12.4 Å². The number of hydrogen-bond donors (Lipinski definition) is 1. The first-order chi connectivity index (χ1) is 15.1. The Labute approximate surface area is 184 Å². The van der Waals surface area contributed by atoms with Gasteiger partial charge >= 0.3 is 0 Å². The maximum Gasteiger partial charge on any atom is 0.255 e. The van der Waals surface area contributed by atoms with Crippen LogP contribution >= 0.6 is 0 Å². The first-order valence-electron chi connectivity index (χ1n) is 11.9. The standard InChI is InChI=1S/C25H33N3O3/c1-17-23(10-11-24(29)26-17)28-15-19-13-21(8-9-22(19)25(28)30)31-16-20-7-2-3-12-27(20)14-18-5-4-6-18/h8-9,13,18,20,23H,1-7,10-12,14-16H2,(H,26,29)/t20-,23?/m1/s1. The molecular weight excluding hydrogens is 390 g/mol. The summed E-state index contributed by atoms with van der Waals surface area (Å²) in [5.41, 5.74) is 2.36. The average molecular weight is 424 g/mol. The molecule has 3 heterocycles. The van der Waals surface area contributed by atoms with Crippen molar-refractivity contribution in [2.24, 2.45) is 5.92 Å². The molecule has 5 rings (SSSR count). The van der Waals surface area contributed by atoms with Gasteiger partial charge in [0, 0.05) is 36.8 Å². The van der Waals surface area contributed by atoms with Crippen molar-refractivity contribution in [1.82, 2.24) is 15.1 Å². The lowest BCUT2D eigenvalue weighted by atomic mass is 9.84. The van der Waals surface area contributed by atoms with Crippen molar-refractivity contribution in [3.63, 3.8) is 0 Å². The molecule has 0 aromatic heterocycles. The Hall–Kier alpha value is -2.34. The number of piperidine rings is 2. The van der Waals surface area contributed by atoms with Gasteiger partial charge < -0.3 is 15.0 Å². The van der Waals surface area contributed by atoms with E-state index in [1.807, 2.05) is 23.1 Å². The van der Waals surface area contributed by atoms with E-state index in [1.54, 1.807) is 0 Å². The van der Waals surface area contributed by atoms with Crippen LogP contribution in [0.25, 0.3) is 0 Å². The first-order valence-corrected chi connectivity index (χ1v) is 11.9. The lowest BCUT2D eigenvalue weighted by Gasteiger charge is -2.40. The van der Waals surface area contributed by atoms with E-state index < -0.39 is 0 Å². The van der Waals surface area contributed by atoms with Gasteiger partial charge in [-0.15, -0.1) is 0 Å². The summed E-state index contributed by atoms with van der Waals surface area (Å²) in [6.45, 7) is 7.65. The number of ether oxygens (including phenoxy) is 1. The molecule has 1 aromatic rings. The van der Waals surface area contributed by atoms with Crippen LogP contribution in [0.15, 0.2) is 30.5 Å². The van der Waals surface area contributed by atoms with Crippen LogP contribution in [0.4, 0.5) is 0 Å². The van der Waals surface area contributed by atoms with Crippen molar-refractivity contribution in [2.45, 2.75) is 70.0 Å². The summed E-state index contributed by atoms with van der Waals surface area (Å²) >= 11 is 0. The summed E-state index contributed by atoms with van der Waals surface area (Å²) in [4.78, 5) is 29.0.